The van der Waals surface area contributed by atoms with E-state index in [1.54, 1.807) is 0 Å². The zero-order valence-corrected chi connectivity index (χ0v) is 5.46. The monoisotopic (exact) mass is 160 g/mol. The van der Waals surface area contributed by atoms with Crippen molar-refractivity contribution in [1.29, 1.82) is 0 Å². The molecule has 0 fully saturated rings. The van der Waals surface area contributed by atoms with Gasteiger partial charge in [0, 0.05) is 4.32 Å². The van der Waals surface area contributed by atoms with Gasteiger partial charge >= 0.3 is 29.6 Å². The molecule has 34 valence electrons. The Morgan fingerprint density at radius 3 is 1.17 bits per heavy atom. The van der Waals surface area contributed by atoms with Crippen LogP contribution in [-0.2, 0) is 0 Å². The molecule has 0 rings (SSSR count). The summed E-state index contributed by atoms with van der Waals surface area (Å²) in [6.45, 7) is 6.31. The fraction of sp³-hybridized carbons (Fsp3) is 1.00. The van der Waals surface area contributed by atoms with Crippen LogP contribution < -0.4 is 0 Å². The molecule has 0 aromatic carbocycles. The van der Waals surface area contributed by atoms with Crippen molar-refractivity contribution in [3.8, 4) is 0 Å². The van der Waals surface area contributed by atoms with Crippen molar-refractivity contribution < 1.29 is 0 Å². The van der Waals surface area contributed by atoms with Crippen molar-refractivity contribution in [2.45, 2.75) is 25.1 Å². The molecule has 0 bridgehead atoms. The van der Waals surface area contributed by atoms with Crippen LogP contribution in [0.3, 0.4) is 0 Å². The van der Waals surface area contributed by atoms with Gasteiger partial charge < -0.3 is 0 Å². The molecule has 0 N–H and O–H groups in total. The van der Waals surface area contributed by atoms with Crippen molar-refractivity contribution in [3.63, 3.8) is 0 Å². The molecule has 0 saturated carbocycles. The molecule has 0 amide bonds. The van der Waals surface area contributed by atoms with Crippen molar-refractivity contribution >= 4 is 45.5 Å². The maximum atomic E-state index is 3.38. The Bertz CT molecular complexity index is 23.0. The van der Waals surface area contributed by atoms with Crippen LogP contribution >= 0.6 is 15.9 Å². The van der Waals surface area contributed by atoms with Gasteiger partial charge in [-0.05, 0) is 0 Å². The van der Waals surface area contributed by atoms with Crippen LogP contribution in [0.5, 0.6) is 0 Å². The molecule has 2 heteroatoms. The third-order valence-electron chi connectivity index (χ3n) is 0. The van der Waals surface area contributed by atoms with Crippen LogP contribution in [0.2, 0.25) is 0 Å². The SMILES string of the molecule is CC(C)(C)Br.[NaH]. The summed E-state index contributed by atoms with van der Waals surface area (Å²) in [7, 11) is 0. The van der Waals surface area contributed by atoms with Gasteiger partial charge in [0.15, 0.2) is 0 Å². The molecule has 6 heavy (non-hydrogen) atoms. The van der Waals surface area contributed by atoms with E-state index >= 15 is 0 Å². The zero-order valence-electron chi connectivity index (χ0n) is 3.88. The summed E-state index contributed by atoms with van der Waals surface area (Å²) in [5.41, 5.74) is 0. The Morgan fingerprint density at radius 1 is 1.17 bits per heavy atom. The Kier molecular flexibility index (Phi) is 6.06. The molecule has 0 radical (unpaired) electrons. The van der Waals surface area contributed by atoms with Gasteiger partial charge in [-0.2, -0.15) is 0 Å². The molecule has 0 aliphatic rings. The van der Waals surface area contributed by atoms with Crippen LogP contribution in [0, 0.1) is 0 Å². The molecule has 0 unspecified atom stereocenters. The third-order valence-corrected chi connectivity index (χ3v) is 0. The van der Waals surface area contributed by atoms with Crippen LogP contribution in [0.15, 0.2) is 0 Å². The van der Waals surface area contributed by atoms with Crippen LogP contribution in [0.1, 0.15) is 20.8 Å². The fourth-order valence-electron chi connectivity index (χ4n) is 0. The molecule has 0 aliphatic heterocycles. The normalized spacial score (nSPS) is 10.0. The molecule has 0 aromatic rings. The van der Waals surface area contributed by atoms with Crippen molar-refractivity contribution in [2.24, 2.45) is 0 Å². The predicted octanol–water partition coefficient (Wildman–Crippen LogP) is 1.53. The van der Waals surface area contributed by atoms with Gasteiger partial charge in [-0.1, -0.05) is 36.7 Å². The van der Waals surface area contributed by atoms with E-state index < -0.39 is 0 Å². The van der Waals surface area contributed by atoms with Crippen LogP contribution in [0.25, 0.3) is 0 Å². The molecular formula is C4H10BrNa. The van der Waals surface area contributed by atoms with Crippen molar-refractivity contribution in [2.75, 3.05) is 0 Å². The molecule has 0 aromatic heterocycles. The molecule has 0 spiro atoms. The first kappa shape index (κ1) is 10.5. The molecule has 0 aliphatic carbocycles. The van der Waals surface area contributed by atoms with E-state index in [4.69, 9.17) is 0 Å². The van der Waals surface area contributed by atoms with E-state index in [1.807, 2.05) is 0 Å². The quantitative estimate of drug-likeness (QED) is 0.373. The van der Waals surface area contributed by atoms with Crippen molar-refractivity contribution in [1.82, 2.24) is 0 Å². The van der Waals surface area contributed by atoms with Gasteiger partial charge in [0.05, 0.1) is 0 Å². The number of alkyl halides is 1. The van der Waals surface area contributed by atoms with Gasteiger partial charge in [0.1, 0.15) is 0 Å². The topological polar surface area (TPSA) is 0 Å². The van der Waals surface area contributed by atoms with E-state index in [0.717, 1.165) is 0 Å². The molecule has 0 saturated heterocycles. The summed E-state index contributed by atoms with van der Waals surface area (Å²) in [6.07, 6.45) is 0. The van der Waals surface area contributed by atoms with E-state index in [9.17, 15) is 0 Å². The second kappa shape index (κ2) is 3.48. The molecule has 0 heterocycles. The maximum absolute atomic E-state index is 3.38. The van der Waals surface area contributed by atoms with Gasteiger partial charge in [0.2, 0.25) is 0 Å². The van der Waals surface area contributed by atoms with Crippen molar-refractivity contribution in [3.05, 3.63) is 0 Å². The number of hydrogen-bond donors (Lipinski definition) is 0. The Hall–Kier alpha value is 1.48. The van der Waals surface area contributed by atoms with Gasteiger partial charge in [-0.15, -0.1) is 0 Å². The first-order chi connectivity index (χ1) is 2.00. The van der Waals surface area contributed by atoms with Crippen LogP contribution in [0.4, 0.5) is 0 Å². The minimum absolute atomic E-state index is 0. The van der Waals surface area contributed by atoms with Gasteiger partial charge in [-0.3, -0.25) is 0 Å². The summed E-state index contributed by atoms with van der Waals surface area (Å²) in [5, 5.41) is 0. The first-order valence-corrected chi connectivity index (χ1v) is 2.48. The summed E-state index contributed by atoms with van der Waals surface area (Å²) in [5.74, 6) is 0. The average Bonchev–Trinajstić information content (AvgIpc) is 0.722. The number of halogens is 1. The Morgan fingerprint density at radius 2 is 1.17 bits per heavy atom. The standard InChI is InChI=1S/C4H9Br.Na.H/c1-4(2,3)5;;/h1-3H3;;. The van der Waals surface area contributed by atoms with E-state index in [2.05, 4.69) is 36.7 Å². The van der Waals surface area contributed by atoms with E-state index in [-0.39, 0.29) is 29.6 Å². The average molecular weight is 161 g/mol. The van der Waals surface area contributed by atoms with E-state index in [0.29, 0.717) is 4.32 Å². The number of rotatable bonds is 0. The second-order valence-electron chi connectivity index (χ2n) is 2.07. The number of hydrogen-bond acceptors (Lipinski definition) is 0. The summed E-state index contributed by atoms with van der Waals surface area (Å²) in [4.78, 5) is 0. The second-order valence-corrected chi connectivity index (χ2v) is 4.45. The summed E-state index contributed by atoms with van der Waals surface area (Å²) < 4.78 is 0.312. The fourth-order valence-corrected chi connectivity index (χ4v) is 0. The summed E-state index contributed by atoms with van der Waals surface area (Å²) in [6, 6.07) is 0. The van der Waals surface area contributed by atoms with Gasteiger partial charge in [0.25, 0.3) is 0 Å². The predicted molar refractivity (Wildman–Crippen MR) is 35.8 cm³/mol. The molecular weight excluding hydrogens is 151 g/mol. The minimum atomic E-state index is 0. The first-order valence-electron chi connectivity index (χ1n) is 1.69. The zero-order chi connectivity index (χ0) is 4.50. The third kappa shape index (κ3) is 50.2. The Balaban J connectivity index is 0. The molecule has 0 nitrogen and oxygen atoms in total. The summed E-state index contributed by atoms with van der Waals surface area (Å²) >= 11 is 3.38. The van der Waals surface area contributed by atoms with Gasteiger partial charge in [-0.25, -0.2) is 0 Å². The Labute approximate surface area is 70.1 Å². The van der Waals surface area contributed by atoms with Crippen LogP contribution in [-0.4, -0.2) is 33.9 Å². The van der Waals surface area contributed by atoms with E-state index in [1.165, 1.54) is 0 Å². The molecule has 0 atom stereocenters.